The molecule has 2 aromatic rings. The summed E-state index contributed by atoms with van der Waals surface area (Å²) in [5, 5.41) is 3.87. The molecule has 1 heteroatoms. The molecule has 1 nitrogen and oxygen atoms in total. The average Bonchev–Trinajstić information content (AvgIpc) is 3.00. The van der Waals surface area contributed by atoms with Gasteiger partial charge in [0.15, 0.2) is 0 Å². The zero-order valence-electron chi connectivity index (χ0n) is 13.6. The van der Waals surface area contributed by atoms with Crippen molar-refractivity contribution in [3.8, 4) is 0 Å². The number of benzene rings is 2. The number of allylic oxidation sites excluding steroid dienone is 2. The quantitative estimate of drug-likeness (QED) is 0.689. The third kappa shape index (κ3) is 1.99. The van der Waals surface area contributed by atoms with E-state index in [1.165, 1.54) is 39.9 Å². The SMILES string of the molecule is Cc1ccc(C2Nc3c(C)ccc(C)c3C3C=CCC32)cc1. The van der Waals surface area contributed by atoms with Crippen LogP contribution in [0.15, 0.2) is 48.6 Å². The fourth-order valence-electron chi connectivity index (χ4n) is 4.15. The molecular weight excluding hydrogens is 266 g/mol. The number of hydrogen-bond acceptors (Lipinski definition) is 1. The molecule has 3 atom stereocenters. The van der Waals surface area contributed by atoms with E-state index in [9.17, 15) is 0 Å². The summed E-state index contributed by atoms with van der Waals surface area (Å²) in [5.41, 5.74) is 8.39. The van der Waals surface area contributed by atoms with Crippen molar-refractivity contribution in [1.29, 1.82) is 0 Å². The molecule has 1 heterocycles. The van der Waals surface area contributed by atoms with E-state index >= 15 is 0 Å². The van der Waals surface area contributed by atoms with Crippen LogP contribution in [0.2, 0.25) is 0 Å². The maximum atomic E-state index is 3.87. The highest BCUT2D eigenvalue weighted by Crippen LogP contribution is 2.51. The number of fused-ring (bicyclic) bond motifs is 3. The maximum Gasteiger partial charge on any atom is 0.0554 e. The molecule has 2 aliphatic rings. The van der Waals surface area contributed by atoms with Crippen LogP contribution in [0.1, 0.15) is 46.2 Å². The van der Waals surface area contributed by atoms with Crippen molar-refractivity contribution >= 4 is 5.69 Å². The third-order valence-corrected chi connectivity index (χ3v) is 5.38. The maximum absolute atomic E-state index is 3.87. The Kier molecular flexibility index (Phi) is 3.11. The predicted octanol–water partition coefficient (Wildman–Crippen LogP) is 5.44. The Bertz CT molecular complexity index is 739. The van der Waals surface area contributed by atoms with Gasteiger partial charge in [0.05, 0.1) is 6.04 Å². The van der Waals surface area contributed by atoms with E-state index in [0.29, 0.717) is 17.9 Å². The summed E-state index contributed by atoms with van der Waals surface area (Å²) in [5.74, 6) is 1.19. The van der Waals surface area contributed by atoms with Crippen LogP contribution in [0.4, 0.5) is 5.69 Å². The van der Waals surface area contributed by atoms with Crippen LogP contribution in [0.5, 0.6) is 0 Å². The molecule has 0 aromatic heterocycles. The number of aryl methyl sites for hydroxylation is 3. The van der Waals surface area contributed by atoms with E-state index in [2.05, 4.69) is 74.6 Å². The van der Waals surface area contributed by atoms with E-state index in [4.69, 9.17) is 0 Å². The number of anilines is 1. The summed E-state index contributed by atoms with van der Waals surface area (Å²) in [6.45, 7) is 6.62. The molecule has 0 amide bonds. The van der Waals surface area contributed by atoms with Gasteiger partial charge >= 0.3 is 0 Å². The highest BCUT2D eigenvalue weighted by molar-refractivity contribution is 5.66. The Balaban J connectivity index is 1.84. The summed E-state index contributed by atoms with van der Waals surface area (Å²) in [6.07, 6.45) is 5.97. The van der Waals surface area contributed by atoms with Crippen LogP contribution in [0.25, 0.3) is 0 Å². The summed E-state index contributed by atoms with van der Waals surface area (Å²) in [4.78, 5) is 0. The van der Waals surface area contributed by atoms with Gasteiger partial charge in [0.25, 0.3) is 0 Å². The Hall–Kier alpha value is -2.02. The van der Waals surface area contributed by atoms with E-state index in [0.717, 1.165) is 0 Å². The standard InChI is InChI=1S/C21H23N/c1-13-7-11-16(12-8-13)21-18-6-4-5-17(18)19-14(2)9-10-15(3)20(19)22-21/h4-5,7-12,17-18,21-22H,6H2,1-3H3. The molecule has 112 valence electrons. The second-order valence-electron chi connectivity index (χ2n) is 6.87. The Morgan fingerprint density at radius 2 is 1.64 bits per heavy atom. The van der Waals surface area contributed by atoms with E-state index < -0.39 is 0 Å². The molecule has 1 N–H and O–H groups in total. The second-order valence-corrected chi connectivity index (χ2v) is 6.87. The zero-order valence-corrected chi connectivity index (χ0v) is 13.6. The first-order valence-electron chi connectivity index (χ1n) is 8.25. The largest absolute Gasteiger partial charge is 0.377 e. The number of hydrogen-bond donors (Lipinski definition) is 1. The van der Waals surface area contributed by atoms with Gasteiger partial charge in [-0.2, -0.15) is 0 Å². The van der Waals surface area contributed by atoms with Crippen LogP contribution in [0.3, 0.4) is 0 Å². The molecule has 0 fully saturated rings. The lowest BCUT2D eigenvalue weighted by molar-refractivity contribution is 0.424. The van der Waals surface area contributed by atoms with Gasteiger partial charge in [-0.25, -0.2) is 0 Å². The van der Waals surface area contributed by atoms with Crippen molar-refractivity contribution in [2.75, 3.05) is 5.32 Å². The lowest BCUT2D eigenvalue weighted by atomic mass is 9.75. The highest BCUT2D eigenvalue weighted by atomic mass is 15.0. The van der Waals surface area contributed by atoms with Crippen LogP contribution < -0.4 is 5.32 Å². The topological polar surface area (TPSA) is 12.0 Å². The monoisotopic (exact) mass is 289 g/mol. The lowest BCUT2D eigenvalue weighted by Crippen LogP contribution is -2.30. The van der Waals surface area contributed by atoms with Gasteiger partial charge in [-0.05, 0) is 55.4 Å². The molecule has 0 saturated carbocycles. The minimum Gasteiger partial charge on any atom is -0.377 e. The van der Waals surface area contributed by atoms with E-state index in [1.54, 1.807) is 0 Å². The Labute approximate surface area is 133 Å². The average molecular weight is 289 g/mol. The molecule has 0 spiro atoms. The fraction of sp³-hybridized carbons (Fsp3) is 0.333. The lowest BCUT2D eigenvalue weighted by Gasteiger charge is -2.39. The van der Waals surface area contributed by atoms with Crippen LogP contribution >= 0.6 is 0 Å². The van der Waals surface area contributed by atoms with Crippen LogP contribution in [-0.2, 0) is 0 Å². The Morgan fingerprint density at radius 3 is 2.41 bits per heavy atom. The molecule has 4 rings (SSSR count). The zero-order chi connectivity index (χ0) is 15.3. The summed E-state index contributed by atoms with van der Waals surface area (Å²) < 4.78 is 0. The number of nitrogens with one attached hydrogen (secondary N) is 1. The predicted molar refractivity (Wildman–Crippen MR) is 93.4 cm³/mol. The van der Waals surface area contributed by atoms with Crippen molar-refractivity contribution in [2.45, 2.75) is 39.2 Å². The first-order chi connectivity index (χ1) is 10.6. The molecule has 2 aromatic carbocycles. The summed E-state index contributed by atoms with van der Waals surface area (Å²) in [6, 6.07) is 14.0. The van der Waals surface area contributed by atoms with Crippen molar-refractivity contribution < 1.29 is 0 Å². The highest BCUT2D eigenvalue weighted by Gasteiger charge is 2.38. The van der Waals surface area contributed by atoms with Gasteiger partial charge in [-0.1, -0.05) is 54.1 Å². The van der Waals surface area contributed by atoms with Crippen LogP contribution in [-0.4, -0.2) is 0 Å². The summed E-state index contributed by atoms with van der Waals surface area (Å²) in [7, 11) is 0. The van der Waals surface area contributed by atoms with E-state index in [1.807, 2.05) is 0 Å². The van der Waals surface area contributed by atoms with Crippen molar-refractivity contribution in [1.82, 2.24) is 0 Å². The molecule has 0 radical (unpaired) electrons. The minimum atomic E-state index is 0.411. The molecule has 1 aliphatic carbocycles. The smallest absolute Gasteiger partial charge is 0.0554 e. The minimum absolute atomic E-state index is 0.411. The Morgan fingerprint density at radius 1 is 0.909 bits per heavy atom. The molecule has 22 heavy (non-hydrogen) atoms. The second kappa shape index (κ2) is 5.01. The molecule has 0 saturated heterocycles. The van der Waals surface area contributed by atoms with Crippen molar-refractivity contribution in [2.24, 2.45) is 5.92 Å². The first-order valence-corrected chi connectivity index (χ1v) is 8.25. The van der Waals surface area contributed by atoms with E-state index in [-0.39, 0.29) is 0 Å². The third-order valence-electron chi connectivity index (χ3n) is 5.38. The van der Waals surface area contributed by atoms with Gasteiger partial charge in [-0.3, -0.25) is 0 Å². The van der Waals surface area contributed by atoms with Gasteiger partial charge < -0.3 is 5.32 Å². The molecule has 0 bridgehead atoms. The van der Waals surface area contributed by atoms with Crippen LogP contribution in [0, 0.1) is 26.7 Å². The molecule has 3 unspecified atom stereocenters. The van der Waals surface area contributed by atoms with Crippen molar-refractivity contribution in [3.63, 3.8) is 0 Å². The summed E-state index contributed by atoms with van der Waals surface area (Å²) >= 11 is 0. The molecule has 1 aliphatic heterocycles. The molecular formula is C21H23N. The fourth-order valence-corrected chi connectivity index (χ4v) is 4.15. The first kappa shape index (κ1) is 13.6. The van der Waals surface area contributed by atoms with Gasteiger partial charge in [0.2, 0.25) is 0 Å². The normalized spacial score (nSPS) is 25.5. The number of rotatable bonds is 1. The van der Waals surface area contributed by atoms with Crippen molar-refractivity contribution in [3.05, 3.63) is 76.4 Å². The van der Waals surface area contributed by atoms with Gasteiger partial charge in [0.1, 0.15) is 0 Å². The van der Waals surface area contributed by atoms with Gasteiger partial charge in [0, 0.05) is 11.6 Å². The van der Waals surface area contributed by atoms with Gasteiger partial charge in [-0.15, -0.1) is 0 Å².